The third-order valence-electron chi connectivity index (χ3n) is 2.63. The first kappa shape index (κ1) is 14.5. The number of aromatic nitrogens is 1. The fourth-order valence-corrected chi connectivity index (χ4v) is 1.66. The molecule has 0 aliphatic rings. The smallest absolute Gasteiger partial charge is 0.338 e. The van der Waals surface area contributed by atoms with Gasteiger partial charge in [-0.25, -0.2) is 4.79 Å². The first-order valence-corrected chi connectivity index (χ1v) is 5.93. The van der Waals surface area contributed by atoms with Crippen LogP contribution in [-0.2, 0) is 11.3 Å². The molecular formula is C13H12N2O6. The number of carbonyl (C=O) groups is 1. The Morgan fingerprint density at radius 1 is 1.43 bits per heavy atom. The number of carbonyl (C=O) groups excluding carboxylic acids is 1. The van der Waals surface area contributed by atoms with Crippen LogP contribution in [0.2, 0.25) is 0 Å². The van der Waals surface area contributed by atoms with Crippen molar-refractivity contribution in [2.24, 2.45) is 0 Å². The number of rotatable bonds is 5. The zero-order valence-corrected chi connectivity index (χ0v) is 11.4. The lowest BCUT2D eigenvalue weighted by atomic mass is 10.2. The first-order chi connectivity index (χ1) is 10.0. The van der Waals surface area contributed by atoms with E-state index in [1.54, 1.807) is 13.0 Å². The SMILES string of the molecule is COc1ccc(C(=O)OCc2cc(C)no2)cc1[N+](=O)[O-]. The molecule has 21 heavy (non-hydrogen) atoms. The summed E-state index contributed by atoms with van der Waals surface area (Å²) in [7, 11) is 1.31. The number of nitrogens with zero attached hydrogens (tertiary/aromatic N) is 2. The van der Waals surface area contributed by atoms with Crippen LogP contribution in [0.5, 0.6) is 5.75 Å². The van der Waals surface area contributed by atoms with E-state index < -0.39 is 10.9 Å². The quantitative estimate of drug-likeness (QED) is 0.472. The summed E-state index contributed by atoms with van der Waals surface area (Å²) in [6, 6.07) is 5.46. The number of esters is 1. The van der Waals surface area contributed by atoms with Crippen molar-refractivity contribution in [3.05, 3.63) is 51.4 Å². The highest BCUT2D eigenvalue weighted by Crippen LogP contribution is 2.27. The fourth-order valence-electron chi connectivity index (χ4n) is 1.66. The lowest BCUT2D eigenvalue weighted by Gasteiger charge is -2.05. The third kappa shape index (κ3) is 3.35. The minimum absolute atomic E-state index is 0.0544. The number of aryl methyl sites for hydroxylation is 1. The Morgan fingerprint density at radius 2 is 2.19 bits per heavy atom. The molecule has 110 valence electrons. The van der Waals surface area contributed by atoms with Gasteiger partial charge in [0.1, 0.15) is 0 Å². The molecule has 1 aromatic carbocycles. The highest BCUT2D eigenvalue weighted by Gasteiger charge is 2.19. The second-order valence-corrected chi connectivity index (χ2v) is 4.15. The second kappa shape index (κ2) is 6.04. The van der Waals surface area contributed by atoms with Crippen LogP contribution in [-0.4, -0.2) is 23.2 Å². The predicted molar refractivity (Wildman–Crippen MR) is 70.0 cm³/mol. The number of hydrogen-bond donors (Lipinski definition) is 0. The van der Waals surface area contributed by atoms with Gasteiger partial charge in [-0.3, -0.25) is 10.1 Å². The summed E-state index contributed by atoms with van der Waals surface area (Å²) in [6.07, 6.45) is 0. The normalized spacial score (nSPS) is 10.2. The minimum Gasteiger partial charge on any atom is -0.490 e. The zero-order valence-electron chi connectivity index (χ0n) is 11.4. The summed E-state index contributed by atoms with van der Waals surface area (Å²) in [5, 5.41) is 14.5. The first-order valence-electron chi connectivity index (χ1n) is 5.93. The van der Waals surface area contributed by atoms with Gasteiger partial charge in [-0.2, -0.15) is 0 Å². The van der Waals surface area contributed by atoms with Gasteiger partial charge >= 0.3 is 11.7 Å². The number of hydrogen-bond acceptors (Lipinski definition) is 7. The van der Waals surface area contributed by atoms with Crippen molar-refractivity contribution in [3.8, 4) is 5.75 Å². The van der Waals surface area contributed by atoms with E-state index in [9.17, 15) is 14.9 Å². The van der Waals surface area contributed by atoms with Crippen molar-refractivity contribution in [3.63, 3.8) is 0 Å². The molecule has 8 nitrogen and oxygen atoms in total. The topological polar surface area (TPSA) is 105 Å². The highest BCUT2D eigenvalue weighted by molar-refractivity contribution is 5.90. The molecule has 0 N–H and O–H groups in total. The molecule has 0 atom stereocenters. The molecule has 0 radical (unpaired) electrons. The molecule has 1 aromatic heterocycles. The monoisotopic (exact) mass is 292 g/mol. The van der Waals surface area contributed by atoms with Crippen LogP contribution in [0.25, 0.3) is 0 Å². The Kier molecular flexibility index (Phi) is 4.17. The van der Waals surface area contributed by atoms with Gasteiger partial charge in [-0.1, -0.05) is 5.16 Å². The largest absolute Gasteiger partial charge is 0.490 e. The Hall–Kier alpha value is -2.90. The highest BCUT2D eigenvalue weighted by atomic mass is 16.6. The van der Waals surface area contributed by atoms with Gasteiger partial charge in [0.15, 0.2) is 18.1 Å². The maximum Gasteiger partial charge on any atom is 0.338 e. The standard InChI is InChI=1S/C13H12N2O6/c1-8-5-10(21-14-8)7-20-13(16)9-3-4-12(19-2)11(6-9)15(17)18/h3-6H,7H2,1-2H3. The summed E-state index contributed by atoms with van der Waals surface area (Å²) >= 11 is 0. The van der Waals surface area contributed by atoms with E-state index in [1.165, 1.54) is 19.2 Å². The van der Waals surface area contributed by atoms with E-state index in [-0.39, 0.29) is 23.6 Å². The zero-order chi connectivity index (χ0) is 15.4. The van der Waals surface area contributed by atoms with E-state index in [2.05, 4.69) is 5.16 Å². The molecule has 0 saturated carbocycles. The van der Waals surface area contributed by atoms with E-state index >= 15 is 0 Å². The lowest BCUT2D eigenvalue weighted by Crippen LogP contribution is -2.06. The van der Waals surface area contributed by atoms with Gasteiger partial charge < -0.3 is 14.0 Å². The molecule has 0 unspecified atom stereocenters. The molecule has 0 fully saturated rings. The molecule has 0 amide bonds. The van der Waals surface area contributed by atoms with Crippen molar-refractivity contribution in [1.82, 2.24) is 5.16 Å². The maximum atomic E-state index is 11.9. The molecule has 0 saturated heterocycles. The summed E-state index contributed by atoms with van der Waals surface area (Å²) in [5.74, 6) is -0.235. The number of nitro benzene ring substituents is 1. The summed E-state index contributed by atoms with van der Waals surface area (Å²) < 4.78 is 14.7. The van der Waals surface area contributed by atoms with Gasteiger partial charge in [-0.15, -0.1) is 0 Å². The van der Waals surface area contributed by atoms with Gasteiger partial charge in [-0.05, 0) is 19.1 Å². The van der Waals surface area contributed by atoms with E-state index in [4.69, 9.17) is 14.0 Å². The number of methoxy groups -OCH3 is 1. The van der Waals surface area contributed by atoms with Crippen LogP contribution in [0.1, 0.15) is 21.8 Å². The van der Waals surface area contributed by atoms with Crippen molar-refractivity contribution < 1.29 is 23.7 Å². The fraction of sp³-hybridized carbons (Fsp3) is 0.231. The second-order valence-electron chi connectivity index (χ2n) is 4.15. The Morgan fingerprint density at radius 3 is 2.76 bits per heavy atom. The molecular weight excluding hydrogens is 280 g/mol. The predicted octanol–water partition coefficient (Wildman–Crippen LogP) is 2.26. The lowest BCUT2D eigenvalue weighted by molar-refractivity contribution is -0.385. The summed E-state index contributed by atoms with van der Waals surface area (Å²) in [6.45, 7) is 1.64. The minimum atomic E-state index is -0.699. The van der Waals surface area contributed by atoms with E-state index in [0.717, 1.165) is 6.07 Å². The van der Waals surface area contributed by atoms with Crippen LogP contribution in [0, 0.1) is 17.0 Å². The molecule has 8 heteroatoms. The number of benzene rings is 1. The van der Waals surface area contributed by atoms with E-state index in [0.29, 0.717) is 11.5 Å². The van der Waals surface area contributed by atoms with Gasteiger partial charge in [0.05, 0.1) is 23.3 Å². The van der Waals surface area contributed by atoms with Crippen LogP contribution < -0.4 is 4.74 Å². The molecule has 0 aliphatic carbocycles. The average molecular weight is 292 g/mol. The van der Waals surface area contributed by atoms with Gasteiger partial charge in [0, 0.05) is 12.1 Å². The summed E-state index contributed by atoms with van der Waals surface area (Å²) in [5.41, 5.74) is 0.419. The van der Waals surface area contributed by atoms with Crippen LogP contribution in [0.15, 0.2) is 28.8 Å². The Balaban J connectivity index is 2.12. The molecule has 0 bridgehead atoms. The van der Waals surface area contributed by atoms with Gasteiger partial charge in [0.2, 0.25) is 0 Å². The molecule has 0 aliphatic heterocycles. The molecule has 0 spiro atoms. The van der Waals surface area contributed by atoms with Crippen molar-refractivity contribution >= 4 is 11.7 Å². The van der Waals surface area contributed by atoms with Crippen molar-refractivity contribution in [1.29, 1.82) is 0 Å². The van der Waals surface area contributed by atoms with Crippen molar-refractivity contribution in [2.75, 3.05) is 7.11 Å². The van der Waals surface area contributed by atoms with Crippen LogP contribution in [0.3, 0.4) is 0 Å². The van der Waals surface area contributed by atoms with Crippen LogP contribution in [0.4, 0.5) is 5.69 Å². The van der Waals surface area contributed by atoms with Crippen molar-refractivity contribution in [2.45, 2.75) is 13.5 Å². The molecule has 2 aromatic rings. The Bertz CT molecular complexity index is 679. The maximum absolute atomic E-state index is 11.9. The summed E-state index contributed by atoms with van der Waals surface area (Å²) in [4.78, 5) is 22.1. The van der Waals surface area contributed by atoms with Gasteiger partial charge in [0.25, 0.3) is 0 Å². The molecule has 2 rings (SSSR count). The third-order valence-corrected chi connectivity index (χ3v) is 2.63. The Labute approximate surface area is 119 Å². The number of nitro groups is 1. The van der Waals surface area contributed by atoms with Crippen LogP contribution >= 0.6 is 0 Å². The average Bonchev–Trinajstić information content (AvgIpc) is 2.89. The number of ether oxygens (including phenoxy) is 2. The van der Waals surface area contributed by atoms with E-state index in [1.807, 2.05) is 0 Å². The molecule has 1 heterocycles.